The Morgan fingerprint density at radius 1 is 1.12 bits per heavy atom. The monoisotopic (exact) mass is 341 g/mol. The molecule has 4 rings (SSSR count). The molecule has 2 aliphatic rings. The van der Waals surface area contributed by atoms with Gasteiger partial charge >= 0.3 is 0 Å². The fraction of sp³-hybridized carbons (Fsp3) is 0.550. The van der Waals surface area contributed by atoms with Gasteiger partial charge in [0.15, 0.2) is 0 Å². The second kappa shape index (κ2) is 7.08. The Bertz CT molecular complexity index is 699. The predicted molar refractivity (Wildman–Crippen MR) is 97.2 cm³/mol. The lowest BCUT2D eigenvalue weighted by Crippen LogP contribution is -2.39. The molecule has 0 spiro atoms. The number of H-pyrrole nitrogens is 1. The van der Waals surface area contributed by atoms with Crippen LogP contribution in [0.4, 0.5) is 0 Å². The van der Waals surface area contributed by atoms with Crippen molar-refractivity contribution in [2.45, 2.75) is 38.1 Å². The first-order valence-electron chi connectivity index (χ1n) is 9.27. The van der Waals surface area contributed by atoms with E-state index in [0.717, 1.165) is 42.6 Å². The van der Waals surface area contributed by atoms with Crippen LogP contribution in [0.3, 0.4) is 0 Å². The Labute approximate surface area is 149 Å². The van der Waals surface area contributed by atoms with Gasteiger partial charge in [-0.25, -0.2) is 4.98 Å². The van der Waals surface area contributed by atoms with Gasteiger partial charge in [-0.05, 0) is 36.5 Å². The van der Waals surface area contributed by atoms with Crippen molar-refractivity contribution in [1.82, 2.24) is 14.9 Å². The minimum atomic E-state index is 0.166. The maximum atomic E-state index is 5.50. The van der Waals surface area contributed by atoms with Crippen LogP contribution in [-0.4, -0.2) is 42.2 Å². The van der Waals surface area contributed by atoms with Gasteiger partial charge in [0.05, 0.1) is 32.3 Å². The van der Waals surface area contributed by atoms with Crippen molar-refractivity contribution in [1.29, 1.82) is 0 Å². The molecule has 1 aromatic heterocycles. The summed E-state index contributed by atoms with van der Waals surface area (Å²) in [5, 5.41) is 0. The van der Waals surface area contributed by atoms with Gasteiger partial charge in [-0.3, -0.25) is 4.90 Å². The van der Waals surface area contributed by atoms with Crippen LogP contribution in [0.1, 0.15) is 48.7 Å². The van der Waals surface area contributed by atoms with Crippen LogP contribution in [-0.2, 0) is 6.42 Å². The lowest BCUT2D eigenvalue weighted by molar-refractivity contribution is 0.177. The van der Waals surface area contributed by atoms with E-state index in [0.29, 0.717) is 0 Å². The SMILES string of the molecule is COc1cc(OC)cc([C@H]2c3nc[nH]c3CCN2CC2CCCC2)c1. The number of ether oxygens (including phenoxy) is 2. The lowest BCUT2D eigenvalue weighted by Gasteiger charge is -2.37. The zero-order chi connectivity index (χ0) is 17.2. The molecular weight excluding hydrogens is 314 g/mol. The molecular formula is C20H27N3O2. The van der Waals surface area contributed by atoms with Gasteiger partial charge in [0.1, 0.15) is 11.5 Å². The van der Waals surface area contributed by atoms with Crippen molar-refractivity contribution in [3.8, 4) is 11.5 Å². The molecule has 0 unspecified atom stereocenters. The van der Waals surface area contributed by atoms with Crippen molar-refractivity contribution < 1.29 is 9.47 Å². The maximum Gasteiger partial charge on any atom is 0.122 e. The summed E-state index contributed by atoms with van der Waals surface area (Å²) >= 11 is 0. The van der Waals surface area contributed by atoms with Crippen molar-refractivity contribution in [3.05, 3.63) is 41.5 Å². The van der Waals surface area contributed by atoms with Crippen molar-refractivity contribution in [2.24, 2.45) is 5.92 Å². The summed E-state index contributed by atoms with van der Waals surface area (Å²) in [6.45, 7) is 2.21. The summed E-state index contributed by atoms with van der Waals surface area (Å²) in [7, 11) is 3.41. The van der Waals surface area contributed by atoms with E-state index in [1.807, 2.05) is 12.4 Å². The number of nitrogens with one attached hydrogen (secondary N) is 1. The summed E-state index contributed by atoms with van der Waals surface area (Å²) in [6, 6.07) is 6.34. The lowest BCUT2D eigenvalue weighted by atomic mass is 9.93. The van der Waals surface area contributed by atoms with E-state index in [-0.39, 0.29) is 6.04 Å². The molecule has 0 saturated heterocycles. The largest absolute Gasteiger partial charge is 0.497 e. The Hall–Kier alpha value is -2.01. The number of hydrogen-bond donors (Lipinski definition) is 1. The van der Waals surface area contributed by atoms with E-state index in [2.05, 4.69) is 27.0 Å². The molecule has 0 amide bonds. The first-order chi connectivity index (χ1) is 12.3. The summed E-state index contributed by atoms with van der Waals surface area (Å²) in [4.78, 5) is 10.6. The third-order valence-electron chi connectivity index (χ3n) is 5.68. The fourth-order valence-electron chi connectivity index (χ4n) is 4.40. The van der Waals surface area contributed by atoms with E-state index in [1.54, 1.807) is 14.2 Å². The Morgan fingerprint density at radius 3 is 2.52 bits per heavy atom. The van der Waals surface area contributed by atoms with Crippen molar-refractivity contribution in [2.75, 3.05) is 27.3 Å². The second-order valence-electron chi connectivity index (χ2n) is 7.21. The number of aromatic amines is 1. The summed E-state index contributed by atoms with van der Waals surface area (Å²) in [5.41, 5.74) is 3.61. The minimum Gasteiger partial charge on any atom is -0.497 e. The molecule has 1 atom stereocenters. The van der Waals surface area contributed by atoms with Gasteiger partial charge in [-0.15, -0.1) is 0 Å². The van der Waals surface area contributed by atoms with Crippen molar-refractivity contribution >= 4 is 0 Å². The number of nitrogens with zero attached hydrogens (tertiary/aromatic N) is 2. The Kier molecular flexibility index (Phi) is 4.66. The van der Waals surface area contributed by atoms with Gasteiger partial charge in [0, 0.05) is 31.3 Å². The molecule has 134 valence electrons. The highest BCUT2D eigenvalue weighted by molar-refractivity contribution is 5.43. The van der Waals surface area contributed by atoms with Crippen LogP contribution in [0.2, 0.25) is 0 Å². The smallest absolute Gasteiger partial charge is 0.122 e. The Morgan fingerprint density at radius 2 is 1.84 bits per heavy atom. The van der Waals surface area contributed by atoms with E-state index in [9.17, 15) is 0 Å². The predicted octanol–water partition coefficient (Wildman–Crippen LogP) is 3.56. The third-order valence-corrected chi connectivity index (χ3v) is 5.68. The standard InChI is InChI=1S/C20H27N3O2/c1-24-16-9-15(10-17(11-16)25-2)20-19-18(21-13-22-19)7-8-23(20)12-14-5-3-4-6-14/h9-11,13-14,20H,3-8,12H2,1-2H3,(H,21,22)/t20-/m0/s1. The number of imidazole rings is 1. The summed E-state index contributed by atoms with van der Waals surface area (Å²) in [6.07, 6.45) is 8.34. The highest BCUT2D eigenvalue weighted by atomic mass is 16.5. The average molecular weight is 341 g/mol. The molecule has 1 fully saturated rings. The zero-order valence-corrected chi connectivity index (χ0v) is 15.1. The molecule has 25 heavy (non-hydrogen) atoms. The zero-order valence-electron chi connectivity index (χ0n) is 15.1. The molecule has 1 N–H and O–H groups in total. The van der Waals surface area contributed by atoms with Crippen molar-refractivity contribution in [3.63, 3.8) is 0 Å². The molecule has 2 aromatic rings. The third kappa shape index (κ3) is 3.25. The molecule has 5 nitrogen and oxygen atoms in total. The molecule has 1 aromatic carbocycles. The molecule has 0 radical (unpaired) electrons. The molecule has 1 saturated carbocycles. The molecule has 2 heterocycles. The van der Waals surface area contributed by atoms with Crippen LogP contribution in [0, 0.1) is 5.92 Å². The van der Waals surface area contributed by atoms with E-state index in [4.69, 9.17) is 9.47 Å². The molecule has 5 heteroatoms. The van der Waals surface area contributed by atoms with Gasteiger partial charge in [-0.2, -0.15) is 0 Å². The number of methoxy groups -OCH3 is 2. The van der Waals surface area contributed by atoms with Gasteiger partial charge < -0.3 is 14.5 Å². The molecule has 1 aliphatic carbocycles. The summed E-state index contributed by atoms with van der Waals surface area (Å²) in [5.74, 6) is 2.48. The topological polar surface area (TPSA) is 50.4 Å². The number of rotatable bonds is 5. The van der Waals surface area contributed by atoms with Gasteiger partial charge in [0.25, 0.3) is 0 Å². The van der Waals surface area contributed by atoms with Crippen LogP contribution >= 0.6 is 0 Å². The highest BCUT2D eigenvalue weighted by Crippen LogP contribution is 2.38. The van der Waals surface area contributed by atoms with Crippen LogP contribution in [0.15, 0.2) is 24.5 Å². The number of benzene rings is 1. The summed E-state index contributed by atoms with van der Waals surface area (Å²) < 4.78 is 11.0. The maximum absolute atomic E-state index is 5.50. The van der Waals surface area contributed by atoms with Crippen LogP contribution in [0.5, 0.6) is 11.5 Å². The van der Waals surface area contributed by atoms with Crippen LogP contribution < -0.4 is 9.47 Å². The van der Waals surface area contributed by atoms with Crippen LogP contribution in [0.25, 0.3) is 0 Å². The van der Waals surface area contributed by atoms with Gasteiger partial charge in [-0.1, -0.05) is 12.8 Å². The highest BCUT2D eigenvalue weighted by Gasteiger charge is 2.33. The van der Waals surface area contributed by atoms with Gasteiger partial charge in [0.2, 0.25) is 0 Å². The van der Waals surface area contributed by atoms with E-state index < -0.39 is 0 Å². The number of hydrogen-bond acceptors (Lipinski definition) is 4. The minimum absolute atomic E-state index is 0.166. The number of fused-ring (bicyclic) bond motifs is 1. The van der Waals surface area contributed by atoms with E-state index >= 15 is 0 Å². The van der Waals surface area contributed by atoms with E-state index in [1.165, 1.54) is 36.9 Å². The Balaban J connectivity index is 1.71. The second-order valence-corrected chi connectivity index (χ2v) is 7.21. The average Bonchev–Trinajstić information content (AvgIpc) is 3.32. The molecule has 1 aliphatic heterocycles. The first-order valence-corrected chi connectivity index (χ1v) is 9.27. The normalized spacial score (nSPS) is 21.3. The fourth-order valence-corrected chi connectivity index (χ4v) is 4.40. The molecule has 0 bridgehead atoms. The number of aromatic nitrogens is 2. The quantitative estimate of drug-likeness (QED) is 0.903. The first kappa shape index (κ1) is 16.5.